The first kappa shape index (κ1) is 15.8. The van der Waals surface area contributed by atoms with Crippen LogP contribution in [0.15, 0.2) is 11.5 Å². The van der Waals surface area contributed by atoms with E-state index >= 15 is 0 Å². The molecule has 1 amide bonds. The molecule has 0 radical (unpaired) electrons. The SMILES string of the molecule is CC(C)n1cnnc1SCC(=O)NOCC(F)(F)F. The molecule has 108 valence electrons. The van der Waals surface area contributed by atoms with Crippen LogP contribution in [0.1, 0.15) is 19.9 Å². The predicted molar refractivity (Wildman–Crippen MR) is 61.3 cm³/mol. The van der Waals surface area contributed by atoms with E-state index in [4.69, 9.17) is 0 Å². The van der Waals surface area contributed by atoms with Crippen molar-refractivity contribution in [1.82, 2.24) is 20.2 Å². The van der Waals surface area contributed by atoms with Gasteiger partial charge in [-0.2, -0.15) is 13.2 Å². The molecule has 1 rings (SSSR count). The maximum absolute atomic E-state index is 11.8. The molecular formula is C9H13F3N4O2S. The lowest BCUT2D eigenvalue weighted by atomic mass is 10.4. The normalized spacial score (nSPS) is 11.9. The lowest BCUT2D eigenvalue weighted by Crippen LogP contribution is -2.30. The molecule has 0 fully saturated rings. The highest BCUT2D eigenvalue weighted by Gasteiger charge is 2.28. The van der Waals surface area contributed by atoms with Gasteiger partial charge in [0.1, 0.15) is 6.33 Å². The predicted octanol–water partition coefficient (Wildman–Crippen LogP) is 1.56. The van der Waals surface area contributed by atoms with Crippen LogP contribution in [0.5, 0.6) is 0 Å². The lowest BCUT2D eigenvalue weighted by molar-refractivity contribution is -0.191. The van der Waals surface area contributed by atoms with Crippen LogP contribution in [0.3, 0.4) is 0 Å². The second-order valence-corrected chi connectivity index (χ2v) is 4.77. The van der Waals surface area contributed by atoms with E-state index < -0.39 is 18.7 Å². The standard InChI is InChI=1S/C9H13F3N4O2S/c1-6(2)16-5-13-14-8(16)19-3-7(17)15-18-4-9(10,11)12/h5-6H,3-4H2,1-2H3,(H,15,17). The van der Waals surface area contributed by atoms with Gasteiger partial charge in [-0.1, -0.05) is 11.8 Å². The van der Waals surface area contributed by atoms with Gasteiger partial charge in [-0.3, -0.25) is 9.63 Å². The minimum absolute atomic E-state index is 0.108. The molecule has 1 N–H and O–H groups in total. The van der Waals surface area contributed by atoms with E-state index in [0.29, 0.717) is 5.16 Å². The van der Waals surface area contributed by atoms with E-state index in [1.807, 2.05) is 13.8 Å². The molecular weight excluding hydrogens is 285 g/mol. The van der Waals surface area contributed by atoms with Gasteiger partial charge in [0.05, 0.1) is 5.75 Å². The smallest absolute Gasteiger partial charge is 0.306 e. The Morgan fingerprint density at radius 2 is 2.26 bits per heavy atom. The zero-order valence-electron chi connectivity index (χ0n) is 10.3. The van der Waals surface area contributed by atoms with Crippen LogP contribution >= 0.6 is 11.8 Å². The summed E-state index contributed by atoms with van der Waals surface area (Å²) in [5.41, 5.74) is 1.71. The second kappa shape index (κ2) is 6.75. The molecule has 0 aliphatic carbocycles. The van der Waals surface area contributed by atoms with Crippen LogP contribution in [0.2, 0.25) is 0 Å². The topological polar surface area (TPSA) is 69.0 Å². The van der Waals surface area contributed by atoms with Gasteiger partial charge < -0.3 is 4.57 Å². The van der Waals surface area contributed by atoms with Crippen LogP contribution in [0.25, 0.3) is 0 Å². The number of hydrogen-bond acceptors (Lipinski definition) is 5. The van der Waals surface area contributed by atoms with Gasteiger partial charge in [-0.05, 0) is 13.8 Å². The number of rotatable bonds is 6. The maximum atomic E-state index is 11.8. The molecule has 0 aliphatic heterocycles. The number of nitrogens with zero attached hydrogens (tertiary/aromatic N) is 3. The molecule has 19 heavy (non-hydrogen) atoms. The molecule has 6 nitrogen and oxygen atoms in total. The zero-order chi connectivity index (χ0) is 14.5. The molecule has 0 unspecified atom stereocenters. The fourth-order valence-electron chi connectivity index (χ4n) is 1.05. The van der Waals surface area contributed by atoms with Gasteiger partial charge in [-0.25, -0.2) is 5.48 Å². The van der Waals surface area contributed by atoms with E-state index in [1.165, 1.54) is 6.33 Å². The number of alkyl halides is 3. The molecule has 0 aliphatic rings. The first-order chi connectivity index (χ1) is 8.79. The Kier molecular flexibility index (Phi) is 5.60. The average Bonchev–Trinajstić information content (AvgIpc) is 2.72. The summed E-state index contributed by atoms with van der Waals surface area (Å²) in [6, 6.07) is 0.127. The Morgan fingerprint density at radius 3 is 2.84 bits per heavy atom. The molecule has 0 spiro atoms. The third kappa shape index (κ3) is 5.92. The number of aromatic nitrogens is 3. The van der Waals surface area contributed by atoms with E-state index in [-0.39, 0.29) is 11.8 Å². The summed E-state index contributed by atoms with van der Waals surface area (Å²) >= 11 is 1.06. The van der Waals surface area contributed by atoms with Gasteiger partial charge >= 0.3 is 6.18 Å². The Balaban J connectivity index is 2.32. The van der Waals surface area contributed by atoms with Gasteiger partial charge in [0, 0.05) is 6.04 Å². The van der Waals surface area contributed by atoms with Crippen LogP contribution in [-0.4, -0.2) is 39.2 Å². The minimum atomic E-state index is -4.47. The van der Waals surface area contributed by atoms with Gasteiger partial charge in [0.25, 0.3) is 5.91 Å². The number of hydrogen-bond donors (Lipinski definition) is 1. The summed E-state index contributed by atoms with van der Waals surface area (Å²) in [6.07, 6.45) is -2.96. The fourth-order valence-corrected chi connectivity index (χ4v) is 1.88. The van der Waals surface area contributed by atoms with Crippen molar-refractivity contribution in [2.45, 2.75) is 31.2 Å². The Bertz CT molecular complexity index is 422. The lowest BCUT2D eigenvalue weighted by Gasteiger charge is -2.10. The van der Waals surface area contributed by atoms with Gasteiger partial charge in [-0.15, -0.1) is 10.2 Å². The fraction of sp³-hybridized carbons (Fsp3) is 0.667. The van der Waals surface area contributed by atoms with Crippen molar-refractivity contribution in [2.24, 2.45) is 0 Å². The third-order valence-electron chi connectivity index (χ3n) is 1.85. The monoisotopic (exact) mass is 298 g/mol. The van der Waals surface area contributed by atoms with Crippen molar-refractivity contribution in [3.05, 3.63) is 6.33 Å². The molecule has 0 saturated heterocycles. The zero-order valence-corrected chi connectivity index (χ0v) is 11.1. The summed E-state index contributed by atoms with van der Waals surface area (Å²) in [4.78, 5) is 15.3. The molecule has 0 atom stereocenters. The van der Waals surface area contributed by atoms with Crippen molar-refractivity contribution in [3.8, 4) is 0 Å². The second-order valence-electron chi connectivity index (χ2n) is 3.83. The Morgan fingerprint density at radius 1 is 1.58 bits per heavy atom. The summed E-state index contributed by atoms with van der Waals surface area (Å²) in [5.74, 6) is -0.781. The molecule has 10 heteroatoms. The number of halogens is 3. The van der Waals surface area contributed by atoms with Crippen molar-refractivity contribution in [2.75, 3.05) is 12.4 Å². The highest BCUT2D eigenvalue weighted by molar-refractivity contribution is 7.99. The largest absolute Gasteiger partial charge is 0.414 e. The minimum Gasteiger partial charge on any atom is -0.306 e. The van der Waals surface area contributed by atoms with Crippen molar-refractivity contribution >= 4 is 17.7 Å². The number of thioether (sulfide) groups is 1. The quantitative estimate of drug-likeness (QED) is 0.637. The number of carbonyl (C=O) groups is 1. The van der Waals surface area contributed by atoms with E-state index in [0.717, 1.165) is 11.8 Å². The highest BCUT2D eigenvalue weighted by atomic mass is 32.2. The number of nitrogens with one attached hydrogen (secondary N) is 1. The van der Waals surface area contributed by atoms with Gasteiger partial charge in [0.15, 0.2) is 11.8 Å². The van der Waals surface area contributed by atoms with Crippen LogP contribution in [0.4, 0.5) is 13.2 Å². The van der Waals surface area contributed by atoms with Gasteiger partial charge in [0.2, 0.25) is 0 Å². The first-order valence-electron chi connectivity index (χ1n) is 5.29. The van der Waals surface area contributed by atoms with E-state index in [9.17, 15) is 18.0 Å². The Hall–Kier alpha value is -1.29. The summed E-state index contributed by atoms with van der Waals surface area (Å²) in [6.45, 7) is 2.31. The molecule has 0 bridgehead atoms. The third-order valence-corrected chi connectivity index (χ3v) is 2.81. The van der Waals surface area contributed by atoms with Crippen molar-refractivity contribution < 1.29 is 22.8 Å². The number of amides is 1. The molecule has 0 aromatic carbocycles. The summed E-state index contributed by atoms with van der Waals surface area (Å²) in [7, 11) is 0. The van der Waals surface area contributed by atoms with Crippen molar-refractivity contribution in [3.63, 3.8) is 0 Å². The van der Waals surface area contributed by atoms with E-state index in [1.54, 1.807) is 10.0 Å². The molecule has 1 aromatic heterocycles. The van der Waals surface area contributed by atoms with E-state index in [2.05, 4.69) is 15.0 Å². The summed E-state index contributed by atoms with van der Waals surface area (Å²) in [5, 5.41) is 8.02. The van der Waals surface area contributed by atoms with Crippen molar-refractivity contribution in [1.29, 1.82) is 0 Å². The maximum Gasteiger partial charge on any atom is 0.414 e. The molecule has 1 aromatic rings. The van der Waals surface area contributed by atoms with Crippen LogP contribution < -0.4 is 5.48 Å². The molecule has 1 heterocycles. The van der Waals surface area contributed by atoms with Crippen LogP contribution in [0, 0.1) is 0 Å². The van der Waals surface area contributed by atoms with Crippen LogP contribution in [-0.2, 0) is 9.63 Å². The molecule has 0 saturated carbocycles. The highest BCUT2D eigenvalue weighted by Crippen LogP contribution is 2.18. The number of carbonyl (C=O) groups excluding carboxylic acids is 1. The average molecular weight is 298 g/mol. The number of hydroxylamine groups is 1. The first-order valence-corrected chi connectivity index (χ1v) is 6.28. The Labute approximate surface area is 111 Å². The summed E-state index contributed by atoms with van der Waals surface area (Å²) < 4.78 is 37.0.